The van der Waals surface area contributed by atoms with E-state index < -0.39 is 0 Å². The minimum Gasteiger partial charge on any atom is -0.345 e. The van der Waals surface area contributed by atoms with Crippen molar-refractivity contribution in [2.45, 2.75) is 19.4 Å². The normalized spacial score (nSPS) is 13.3. The molecule has 1 unspecified atom stereocenters. The van der Waals surface area contributed by atoms with Gasteiger partial charge in [-0.3, -0.25) is 0 Å². The van der Waals surface area contributed by atoms with E-state index in [4.69, 9.17) is 17.3 Å². The summed E-state index contributed by atoms with van der Waals surface area (Å²) in [6.45, 7) is 1.92. The molecule has 3 N–H and O–H groups in total. The lowest BCUT2D eigenvalue weighted by atomic mass is 10.1. The molecule has 80 valence electrons. The maximum atomic E-state index is 13.0. The van der Waals surface area contributed by atoms with Crippen molar-refractivity contribution in [2.24, 2.45) is 5.73 Å². The number of aromatic amines is 1. The molecule has 15 heavy (non-hydrogen) atoms. The van der Waals surface area contributed by atoms with Gasteiger partial charge in [-0.25, -0.2) is 4.39 Å². The number of fused-ring (bicyclic) bond motifs is 1. The summed E-state index contributed by atoms with van der Waals surface area (Å²) in [7, 11) is 0. The first-order chi connectivity index (χ1) is 7.08. The van der Waals surface area contributed by atoms with Gasteiger partial charge in [0.1, 0.15) is 11.0 Å². The van der Waals surface area contributed by atoms with E-state index in [0.29, 0.717) is 11.6 Å². The Labute approximate surface area is 92.2 Å². The lowest BCUT2D eigenvalue weighted by Crippen LogP contribution is -2.17. The quantitative estimate of drug-likeness (QED) is 0.813. The van der Waals surface area contributed by atoms with E-state index in [-0.39, 0.29) is 11.9 Å². The minimum atomic E-state index is -0.271. The standard InChI is InChI=1S/C11H12ClFN2/c1-6(14)4-9-8-3-2-7(13)5-10(8)15-11(9)12/h2-3,5-6,15H,4,14H2,1H3. The Balaban J connectivity index is 2.58. The number of halogens is 2. The van der Waals surface area contributed by atoms with Crippen LogP contribution in [-0.2, 0) is 6.42 Å². The SMILES string of the molecule is CC(N)Cc1c(Cl)[nH]c2cc(F)ccc12. The molecule has 0 amide bonds. The molecule has 0 saturated carbocycles. The van der Waals surface area contributed by atoms with Crippen LogP contribution in [0.1, 0.15) is 12.5 Å². The maximum Gasteiger partial charge on any atom is 0.125 e. The maximum absolute atomic E-state index is 13.0. The van der Waals surface area contributed by atoms with Crippen molar-refractivity contribution < 1.29 is 4.39 Å². The number of hydrogen-bond acceptors (Lipinski definition) is 1. The second-order valence-electron chi connectivity index (χ2n) is 3.79. The Morgan fingerprint density at radius 1 is 1.53 bits per heavy atom. The van der Waals surface area contributed by atoms with Crippen molar-refractivity contribution in [3.8, 4) is 0 Å². The van der Waals surface area contributed by atoms with E-state index in [2.05, 4.69) is 4.98 Å². The summed E-state index contributed by atoms with van der Waals surface area (Å²) in [5.41, 5.74) is 7.40. The fourth-order valence-corrected chi connectivity index (χ4v) is 2.00. The Morgan fingerprint density at radius 2 is 2.27 bits per heavy atom. The second-order valence-corrected chi connectivity index (χ2v) is 4.17. The van der Waals surface area contributed by atoms with Gasteiger partial charge in [0, 0.05) is 16.9 Å². The van der Waals surface area contributed by atoms with Crippen LogP contribution in [0.2, 0.25) is 5.15 Å². The number of benzene rings is 1. The van der Waals surface area contributed by atoms with Crippen LogP contribution in [0.3, 0.4) is 0 Å². The van der Waals surface area contributed by atoms with Gasteiger partial charge in [0.15, 0.2) is 0 Å². The monoisotopic (exact) mass is 226 g/mol. The predicted molar refractivity (Wildman–Crippen MR) is 60.6 cm³/mol. The molecule has 0 aliphatic rings. The van der Waals surface area contributed by atoms with Gasteiger partial charge < -0.3 is 10.7 Å². The number of rotatable bonds is 2. The predicted octanol–water partition coefficient (Wildman–Crippen LogP) is 2.85. The lowest BCUT2D eigenvalue weighted by molar-refractivity contribution is 0.629. The van der Waals surface area contributed by atoms with Gasteiger partial charge in [-0.05, 0) is 37.1 Å². The van der Waals surface area contributed by atoms with Gasteiger partial charge in [-0.15, -0.1) is 0 Å². The third kappa shape index (κ3) is 1.98. The fraction of sp³-hybridized carbons (Fsp3) is 0.273. The highest BCUT2D eigenvalue weighted by atomic mass is 35.5. The molecule has 0 aliphatic carbocycles. The Hall–Kier alpha value is -1.06. The Kier molecular flexibility index (Phi) is 2.67. The summed E-state index contributed by atoms with van der Waals surface area (Å²) in [6.07, 6.45) is 0.685. The number of H-pyrrole nitrogens is 1. The minimum absolute atomic E-state index is 0.0338. The molecule has 1 heterocycles. The molecule has 0 radical (unpaired) electrons. The number of nitrogens with two attached hydrogens (primary N) is 1. The van der Waals surface area contributed by atoms with Gasteiger partial charge in [-0.2, -0.15) is 0 Å². The van der Waals surface area contributed by atoms with Gasteiger partial charge >= 0.3 is 0 Å². The molecule has 2 rings (SSSR count). The first-order valence-electron chi connectivity index (χ1n) is 4.79. The van der Waals surface area contributed by atoms with Crippen LogP contribution in [0.15, 0.2) is 18.2 Å². The van der Waals surface area contributed by atoms with Crippen LogP contribution in [0.5, 0.6) is 0 Å². The highest BCUT2D eigenvalue weighted by Gasteiger charge is 2.11. The van der Waals surface area contributed by atoms with Crippen molar-refractivity contribution in [1.29, 1.82) is 0 Å². The highest BCUT2D eigenvalue weighted by Crippen LogP contribution is 2.27. The summed E-state index contributed by atoms with van der Waals surface area (Å²) in [5, 5.41) is 1.49. The summed E-state index contributed by atoms with van der Waals surface area (Å²) in [5.74, 6) is -0.271. The van der Waals surface area contributed by atoms with Crippen molar-refractivity contribution in [3.05, 3.63) is 34.7 Å². The molecule has 0 saturated heterocycles. The average molecular weight is 227 g/mol. The van der Waals surface area contributed by atoms with E-state index >= 15 is 0 Å². The average Bonchev–Trinajstić information content (AvgIpc) is 2.41. The molecular formula is C11H12ClFN2. The number of nitrogens with one attached hydrogen (secondary N) is 1. The zero-order chi connectivity index (χ0) is 11.0. The third-order valence-corrected chi connectivity index (χ3v) is 2.66. The Bertz CT molecular complexity index is 491. The van der Waals surface area contributed by atoms with Gasteiger partial charge in [-0.1, -0.05) is 11.6 Å². The van der Waals surface area contributed by atoms with Gasteiger partial charge in [0.25, 0.3) is 0 Å². The van der Waals surface area contributed by atoms with E-state index in [0.717, 1.165) is 16.5 Å². The van der Waals surface area contributed by atoms with E-state index in [1.54, 1.807) is 6.07 Å². The number of aromatic nitrogens is 1. The second kappa shape index (κ2) is 3.83. The van der Waals surface area contributed by atoms with Crippen LogP contribution in [0.4, 0.5) is 4.39 Å². The lowest BCUT2D eigenvalue weighted by Gasteiger charge is -2.03. The fourth-order valence-electron chi connectivity index (χ4n) is 1.72. The summed E-state index contributed by atoms with van der Waals surface area (Å²) in [6, 6.07) is 4.62. The molecule has 2 nitrogen and oxygen atoms in total. The molecular weight excluding hydrogens is 215 g/mol. The van der Waals surface area contributed by atoms with Crippen LogP contribution in [0.25, 0.3) is 10.9 Å². The molecule has 1 aromatic carbocycles. The summed E-state index contributed by atoms with van der Waals surface area (Å²) >= 11 is 6.03. The van der Waals surface area contributed by atoms with Crippen molar-refractivity contribution in [1.82, 2.24) is 4.98 Å². The van der Waals surface area contributed by atoms with Crippen LogP contribution in [-0.4, -0.2) is 11.0 Å². The molecule has 1 atom stereocenters. The summed E-state index contributed by atoms with van der Waals surface area (Å²) < 4.78 is 13.0. The highest BCUT2D eigenvalue weighted by molar-refractivity contribution is 6.31. The van der Waals surface area contributed by atoms with Crippen LogP contribution in [0, 0.1) is 5.82 Å². The molecule has 2 aromatic rings. The first kappa shape index (κ1) is 10.5. The van der Waals surface area contributed by atoms with Crippen LogP contribution >= 0.6 is 11.6 Å². The number of hydrogen-bond donors (Lipinski definition) is 2. The molecule has 0 aliphatic heterocycles. The summed E-state index contributed by atoms with van der Waals surface area (Å²) in [4.78, 5) is 2.94. The molecule has 4 heteroatoms. The largest absolute Gasteiger partial charge is 0.345 e. The zero-order valence-corrected chi connectivity index (χ0v) is 9.11. The van der Waals surface area contributed by atoms with Crippen molar-refractivity contribution >= 4 is 22.5 Å². The molecule has 1 aromatic heterocycles. The third-order valence-electron chi connectivity index (χ3n) is 2.34. The molecule has 0 spiro atoms. The van der Waals surface area contributed by atoms with Gasteiger partial charge in [0.2, 0.25) is 0 Å². The van der Waals surface area contributed by atoms with Crippen LogP contribution < -0.4 is 5.73 Å². The topological polar surface area (TPSA) is 41.8 Å². The Morgan fingerprint density at radius 3 is 2.93 bits per heavy atom. The van der Waals surface area contributed by atoms with E-state index in [1.807, 2.05) is 6.92 Å². The van der Waals surface area contributed by atoms with Crippen molar-refractivity contribution in [2.75, 3.05) is 0 Å². The van der Waals surface area contributed by atoms with Crippen molar-refractivity contribution in [3.63, 3.8) is 0 Å². The van der Waals surface area contributed by atoms with Gasteiger partial charge in [0.05, 0.1) is 0 Å². The first-order valence-corrected chi connectivity index (χ1v) is 5.17. The molecule has 0 fully saturated rings. The van der Waals surface area contributed by atoms with E-state index in [1.165, 1.54) is 12.1 Å². The molecule has 0 bridgehead atoms. The smallest absolute Gasteiger partial charge is 0.125 e. The van der Waals surface area contributed by atoms with E-state index in [9.17, 15) is 4.39 Å². The zero-order valence-electron chi connectivity index (χ0n) is 8.35.